The zero-order valence-electron chi connectivity index (χ0n) is 9.92. The Morgan fingerprint density at radius 2 is 1.89 bits per heavy atom. The van der Waals surface area contributed by atoms with Crippen molar-refractivity contribution >= 4 is 27.5 Å². The minimum absolute atomic E-state index is 0.232. The molecule has 1 nitrogen and oxygen atoms in total. The average molecular weight is 348 g/mol. The predicted molar refractivity (Wildman–Crippen MR) is 74.3 cm³/mol. The first kappa shape index (κ1) is 14.4. The number of halogens is 4. The van der Waals surface area contributed by atoms with Crippen LogP contribution in [-0.4, -0.2) is 5.11 Å². The van der Waals surface area contributed by atoms with Crippen molar-refractivity contribution in [2.24, 2.45) is 0 Å². The van der Waals surface area contributed by atoms with Gasteiger partial charge in [-0.2, -0.15) is 0 Å². The van der Waals surface area contributed by atoms with Gasteiger partial charge in [-0.15, -0.1) is 0 Å². The summed E-state index contributed by atoms with van der Waals surface area (Å²) < 4.78 is 28.3. The number of aliphatic hydroxyl groups excluding tert-OH is 1. The third-order valence-electron chi connectivity index (χ3n) is 2.87. The maximum Gasteiger partial charge on any atom is 0.135 e. The largest absolute Gasteiger partial charge is 0.383 e. The molecule has 0 spiro atoms. The Morgan fingerprint density at radius 1 is 1.21 bits per heavy atom. The van der Waals surface area contributed by atoms with Crippen molar-refractivity contribution in [3.8, 4) is 0 Å². The quantitative estimate of drug-likeness (QED) is 0.829. The molecule has 0 radical (unpaired) electrons. The van der Waals surface area contributed by atoms with Crippen LogP contribution in [0.5, 0.6) is 0 Å². The summed E-state index contributed by atoms with van der Waals surface area (Å²) in [5, 5.41) is 10.4. The van der Waals surface area contributed by atoms with Crippen LogP contribution in [0.2, 0.25) is 5.02 Å². The van der Waals surface area contributed by atoms with E-state index < -0.39 is 17.7 Å². The molecule has 2 rings (SSSR count). The highest BCUT2D eigenvalue weighted by Crippen LogP contribution is 2.35. The number of hydrogen-bond acceptors (Lipinski definition) is 1. The predicted octanol–water partition coefficient (Wildman–Crippen LogP) is 4.77. The van der Waals surface area contributed by atoms with Gasteiger partial charge in [0.25, 0.3) is 0 Å². The Bertz CT molecular complexity index is 631. The zero-order valence-corrected chi connectivity index (χ0v) is 12.3. The van der Waals surface area contributed by atoms with Crippen LogP contribution in [0.4, 0.5) is 8.78 Å². The first-order chi connectivity index (χ1) is 8.93. The Kier molecular flexibility index (Phi) is 4.23. The van der Waals surface area contributed by atoms with Crippen LogP contribution in [-0.2, 0) is 0 Å². The van der Waals surface area contributed by atoms with Gasteiger partial charge in [0.1, 0.15) is 17.7 Å². The van der Waals surface area contributed by atoms with Gasteiger partial charge < -0.3 is 5.11 Å². The Morgan fingerprint density at radius 3 is 2.58 bits per heavy atom. The Labute approximate surface area is 123 Å². The van der Waals surface area contributed by atoms with E-state index in [0.29, 0.717) is 4.47 Å². The summed E-state index contributed by atoms with van der Waals surface area (Å²) in [5.74, 6) is -1.56. The van der Waals surface area contributed by atoms with E-state index in [9.17, 15) is 13.9 Å². The molecule has 5 heteroatoms. The molecular weight excluding hydrogens is 338 g/mol. The third kappa shape index (κ3) is 2.66. The Hall–Kier alpha value is -0.970. The Balaban J connectivity index is 2.59. The highest BCUT2D eigenvalue weighted by atomic mass is 79.9. The van der Waals surface area contributed by atoms with E-state index >= 15 is 0 Å². The third-order valence-corrected chi connectivity index (χ3v) is 4.18. The van der Waals surface area contributed by atoms with Crippen LogP contribution in [0.25, 0.3) is 0 Å². The lowest BCUT2D eigenvalue weighted by Crippen LogP contribution is -2.08. The van der Waals surface area contributed by atoms with Crippen LogP contribution < -0.4 is 0 Å². The van der Waals surface area contributed by atoms with Crippen molar-refractivity contribution in [2.75, 3.05) is 0 Å². The van der Waals surface area contributed by atoms with Gasteiger partial charge in [0.15, 0.2) is 0 Å². The van der Waals surface area contributed by atoms with E-state index in [1.165, 1.54) is 19.1 Å². The molecule has 0 aliphatic heterocycles. The van der Waals surface area contributed by atoms with E-state index in [-0.39, 0.29) is 21.7 Å². The van der Waals surface area contributed by atoms with Gasteiger partial charge in [-0.3, -0.25) is 0 Å². The van der Waals surface area contributed by atoms with Crippen LogP contribution in [0.15, 0.2) is 34.8 Å². The molecule has 2 aromatic carbocycles. The van der Waals surface area contributed by atoms with Crippen molar-refractivity contribution in [1.29, 1.82) is 0 Å². The summed E-state index contributed by atoms with van der Waals surface area (Å²) in [6.45, 7) is 1.51. The number of aryl methyl sites for hydroxylation is 1. The summed E-state index contributed by atoms with van der Waals surface area (Å²) in [5.41, 5.74) is 0.126. The summed E-state index contributed by atoms with van der Waals surface area (Å²) in [4.78, 5) is 0. The minimum atomic E-state index is -1.45. The topological polar surface area (TPSA) is 20.2 Å². The molecule has 0 amide bonds. The van der Waals surface area contributed by atoms with E-state index in [2.05, 4.69) is 15.9 Å². The molecule has 1 N–H and O–H groups in total. The fourth-order valence-electron chi connectivity index (χ4n) is 1.82. The number of hydrogen-bond donors (Lipinski definition) is 1. The lowest BCUT2D eigenvalue weighted by molar-refractivity contribution is 0.209. The lowest BCUT2D eigenvalue weighted by Gasteiger charge is -2.16. The summed E-state index contributed by atoms with van der Waals surface area (Å²) in [7, 11) is 0. The van der Waals surface area contributed by atoms with E-state index in [1.807, 2.05) is 0 Å². The maximum absolute atomic E-state index is 14.0. The summed E-state index contributed by atoms with van der Waals surface area (Å²) in [6.07, 6.45) is -1.45. The van der Waals surface area contributed by atoms with Crippen LogP contribution in [0.1, 0.15) is 22.8 Å². The molecule has 0 aliphatic carbocycles. The second-order valence-electron chi connectivity index (χ2n) is 4.14. The lowest BCUT2D eigenvalue weighted by atomic mass is 9.98. The zero-order chi connectivity index (χ0) is 14.2. The fraction of sp³-hybridized carbons (Fsp3) is 0.143. The normalized spacial score (nSPS) is 12.5. The first-order valence-electron chi connectivity index (χ1n) is 5.50. The summed E-state index contributed by atoms with van der Waals surface area (Å²) in [6, 6.07) is 7.30. The molecule has 2 aromatic rings. The highest BCUT2D eigenvalue weighted by Gasteiger charge is 2.23. The molecule has 0 bridgehead atoms. The molecule has 0 saturated heterocycles. The van der Waals surface area contributed by atoms with E-state index in [0.717, 1.165) is 6.07 Å². The van der Waals surface area contributed by atoms with E-state index in [4.69, 9.17) is 11.6 Å². The molecule has 100 valence electrons. The van der Waals surface area contributed by atoms with Crippen molar-refractivity contribution in [2.45, 2.75) is 13.0 Å². The number of aliphatic hydroxyl groups is 1. The van der Waals surface area contributed by atoms with Crippen molar-refractivity contribution < 1.29 is 13.9 Å². The number of rotatable bonds is 2. The minimum Gasteiger partial charge on any atom is -0.383 e. The molecule has 1 atom stereocenters. The van der Waals surface area contributed by atoms with Crippen molar-refractivity contribution in [1.82, 2.24) is 0 Å². The van der Waals surface area contributed by atoms with Crippen molar-refractivity contribution in [3.63, 3.8) is 0 Å². The molecule has 1 unspecified atom stereocenters. The molecular formula is C14H10BrClF2O. The highest BCUT2D eigenvalue weighted by molar-refractivity contribution is 9.10. The monoisotopic (exact) mass is 346 g/mol. The van der Waals surface area contributed by atoms with Crippen LogP contribution in [0.3, 0.4) is 0 Å². The summed E-state index contributed by atoms with van der Waals surface area (Å²) >= 11 is 9.24. The molecule has 0 saturated carbocycles. The van der Waals surface area contributed by atoms with Gasteiger partial charge in [0, 0.05) is 10.0 Å². The standard InChI is InChI=1S/C14H10BrClF2O/c1-7-5-6-10(17)11(13(7)18)14(19)8-3-2-4-9(15)12(8)16/h2-6,14,19H,1H3. The molecule has 19 heavy (non-hydrogen) atoms. The molecule has 0 aromatic heterocycles. The SMILES string of the molecule is Cc1ccc(F)c(C(O)c2cccc(Br)c2Cl)c1F. The van der Waals surface area contributed by atoms with Crippen LogP contribution >= 0.6 is 27.5 Å². The van der Waals surface area contributed by atoms with Gasteiger partial charge in [0.05, 0.1) is 10.6 Å². The number of benzene rings is 2. The van der Waals surface area contributed by atoms with E-state index in [1.54, 1.807) is 12.1 Å². The second-order valence-corrected chi connectivity index (χ2v) is 5.37. The average Bonchev–Trinajstić information content (AvgIpc) is 2.37. The maximum atomic E-state index is 14.0. The smallest absolute Gasteiger partial charge is 0.135 e. The molecule has 0 heterocycles. The van der Waals surface area contributed by atoms with Gasteiger partial charge in [-0.05, 0) is 40.5 Å². The first-order valence-corrected chi connectivity index (χ1v) is 6.67. The second kappa shape index (κ2) is 5.57. The fourth-order valence-corrected chi connectivity index (χ4v) is 2.43. The van der Waals surface area contributed by atoms with Gasteiger partial charge in [0.2, 0.25) is 0 Å². The van der Waals surface area contributed by atoms with Crippen LogP contribution in [0, 0.1) is 18.6 Å². The van der Waals surface area contributed by atoms with Gasteiger partial charge in [-0.25, -0.2) is 8.78 Å². The molecule has 0 aliphatic rings. The van der Waals surface area contributed by atoms with Crippen molar-refractivity contribution in [3.05, 3.63) is 68.2 Å². The van der Waals surface area contributed by atoms with Gasteiger partial charge in [-0.1, -0.05) is 29.8 Å². The van der Waals surface area contributed by atoms with Gasteiger partial charge >= 0.3 is 0 Å². The molecule has 0 fully saturated rings.